The van der Waals surface area contributed by atoms with Crippen LogP contribution in [0, 0.1) is 12.8 Å². The molecule has 2 amide bonds. The van der Waals surface area contributed by atoms with Crippen LogP contribution in [-0.4, -0.2) is 17.9 Å². The third-order valence-corrected chi connectivity index (χ3v) is 7.09. The maximum Gasteiger partial charge on any atom is 0.266 e. The first kappa shape index (κ1) is 20.9. The van der Waals surface area contributed by atoms with E-state index in [4.69, 9.17) is 16.4 Å². The van der Waals surface area contributed by atoms with Crippen LogP contribution < -0.4 is 9.96 Å². The molecule has 6 rings (SSSR count). The van der Waals surface area contributed by atoms with Crippen LogP contribution in [-0.2, 0) is 14.4 Å². The molecule has 0 aliphatic carbocycles. The summed E-state index contributed by atoms with van der Waals surface area (Å²) in [7, 11) is 0. The van der Waals surface area contributed by atoms with Gasteiger partial charge in [-0.2, -0.15) is 0 Å². The van der Waals surface area contributed by atoms with Crippen LogP contribution in [0.3, 0.4) is 0 Å². The number of para-hydroxylation sites is 1. The quantitative estimate of drug-likeness (QED) is 0.354. The Kier molecular flexibility index (Phi) is 4.90. The van der Waals surface area contributed by atoms with Gasteiger partial charge in [-0.1, -0.05) is 78.3 Å². The van der Waals surface area contributed by atoms with Gasteiger partial charge < -0.3 is 0 Å². The summed E-state index contributed by atoms with van der Waals surface area (Å²) < 4.78 is 0. The lowest BCUT2D eigenvalue weighted by Gasteiger charge is -2.29. The van der Waals surface area contributed by atoms with Crippen molar-refractivity contribution in [1.29, 1.82) is 0 Å². The number of aryl methyl sites for hydroxylation is 1. The van der Waals surface area contributed by atoms with Crippen molar-refractivity contribution >= 4 is 45.6 Å². The number of nitrogens with zero attached hydrogens (tertiary/aromatic N) is 2. The van der Waals surface area contributed by atoms with E-state index < -0.39 is 18.1 Å². The van der Waals surface area contributed by atoms with E-state index in [0.717, 1.165) is 27.6 Å². The van der Waals surface area contributed by atoms with Crippen LogP contribution >= 0.6 is 11.6 Å². The van der Waals surface area contributed by atoms with E-state index in [0.29, 0.717) is 10.7 Å². The molecule has 4 aromatic rings. The molecule has 3 atom stereocenters. The Morgan fingerprint density at radius 3 is 2.32 bits per heavy atom. The van der Waals surface area contributed by atoms with Gasteiger partial charge in [0.25, 0.3) is 5.91 Å². The average Bonchev–Trinajstić information content (AvgIpc) is 3.37. The first-order valence-corrected chi connectivity index (χ1v) is 11.5. The average molecular weight is 469 g/mol. The number of benzene rings is 4. The van der Waals surface area contributed by atoms with Gasteiger partial charge in [-0.05, 0) is 53.1 Å². The Bertz CT molecular complexity index is 1430. The second kappa shape index (κ2) is 7.97. The van der Waals surface area contributed by atoms with Gasteiger partial charge >= 0.3 is 0 Å². The van der Waals surface area contributed by atoms with Crippen LogP contribution in [0.4, 0.5) is 11.4 Å². The van der Waals surface area contributed by atoms with Gasteiger partial charge in [-0.3, -0.25) is 14.4 Å². The number of amides is 2. The van der Waals surface area contributed by atoms with E-state index in [2.05, 4.69) is 0 Å². The van der Waals surface area contributed by atoms with Gasteiger partial charge in [0.1, 0.15) is 5.92 Å². The van der Waals surface area contributed by atoms with Gasteiger partial charge in [0, 0.05) is 5.02 Å². The minimum atomic E-state index is -0.920. The molecule has 0 bridgehead atoms. The third-order valence-electron chi connectivity index (χ3n) is 6.68. The van der Waals surface area contributed by atoms with Gasteiger partial charge in [0.2, 0.25) is 5.91 Å². The maximum atomic E-state index is 13.8. The molecular formula is C28H21ClN2O3. The highest BCUT2D eigenvalue weighted by molar-refractivity contribution is 6.32. The lowest BCUT2D eigenvalue weighted by atomic mass is 9.87. The number of fused-ring (bicyclic) bond motifs is 2. The number of anilines is 2. The molecule has 2 aliphatic heterocycles. The maximum absolute atomic E-state index is 13.8. The van der Waals surface area contributed by atoms with E-state index in [1.165, 1.54) is 4.90 Å². The number of hydroxylamine groups is 1. The monoisotopic (exact) mass is 468 g/mol. The fourth-order valence-corrected chi connectivity index (χ4v) is 5.19. The molecule has 2 fully saturated rings. The highest BCUT2D eigenvalue weighted by Gasteiger charge is 2.60. The van der Waals surface area contributed by atoms with Crippen LogP contribution in [0.1, 0.15) is 17.2 Å². The van der Waals surface area contributed by atoms with Crippen molar-refractivity contribution in [3.63, 3.8) is 0 Å². The summed E-state index contributed by atoms with van der Waals surface area (Å²) in [6.45, 7) is 1.88. The summed E-state index contributed by atoms with van der Waals surface area (Å²) in [5.74, 6) is -1.36. The van der Waals surface area contributed by atoms with Gasteiger partial charge in [-0.25, -0.2) is 9.96 Å². The lowest BCUT2D eigenvalue weighted by molar-refractivity contribution is -0.126. The topological polar surface area (TPSA) is 49.9 Å². The number of hydrogen-bond donors (Lipinski definition) is 0. The van der Waals surface area contributed by atoms with Crippen molar-refractivity contribution in [3.05, 3.63) is 107 Å². The standard InChI is InChI=1S/C28H21ClN2O3/c1-17-14-15-20(16-23(17)29)30-27(32)24-25(22-13-7-9-18-8-5-6-12-21(18)22)31(34-26(24)28(30)33)19-10-3-2-4-11-19/h2-16,24-26H,1H3/t24-,25-,26-/m1/s1. The Hall–Kier alpha value is -3.67. The third kappa shape index (κ3) is 3.12. The molecular weight excluding hydrogens is 448 g/mol. The van der Waals surface area contributed by atoms with Crippen LogP contribution in [0.25, 0.3) is 10.8 Å². The summed E-state index contributed by atoms with van der Waals surface area (Å²) in [6.07, 6.45) is -0.920. The molecule has 0 radical (unpaired) electrons. The zero-order valence-electron chi connectivity index (χ0n) is 18.4. The smallest absolute Gasteiger partial charge is 0.266 e. The minimum Gasteiger partial charge on any atom is -0.273 e. The molecule has 2 aliphatic rings. The molecule has 2 heterocycles. The van der Waals surface area contributed by atoms with Gasteiger partial charge in [-0.15, -0.1) is 0 Å². The van der Waals surface area contributed by atoms with Crippen molar-refractivity contribution in [2.75, 3.05) is 9.96 Å². The molecule has 0 N–H and O–H groups in total. The number of carbonyl (C=O) groups is 2. The zero-order valence-corrected chi connectivity index (χ0v) is 19.1. The number of hydrogen-bond acceptors (Lipinski definition) is 4. The Morgan fingerprint density at radius 2 is 1.53 bits per heavy atom. The summed E-state index contributed by atoms with van der Waals surface area (Å²) in [4.78, 5) is 34.9. The minimum absolute atomic E-state index is 0.286. The van der Waals surface area contributed by atoms with Crippen LogP contribution in [0.2, 0.25) is 5.02 Å². The highest BCUT2D eigenvalue weighted by atomic mass is 35.5. The first-order chi connectivity index (χ1) is 16.5. The molecule has 5 nitrogen and oxygen atoms in total. The van der Waals surface area contributed by atoms with E-state index in [1.807, 2.05) is 85.8 Å². The fourth-order valence-electron chi connectivity index (χ4n) is 5.01. The number of carbonyl (C=O) groups excluding carboxylic acids is 2. The first-order valence-electron chi connectivity index (χ1n) is 11.2. The van der Waals surface area contributed by atoms with Crippen molar-refractivity contribution in [2.24, 2.45) is 5.92 Å². The Morgan fingerprint density at radius 1 is 0.794 bits per heavy atom. The molecule has 0 aromatic heterocycles. The zero-order chi connectivity index (χ0) is 23.4. The van der Waals surface area contributed by atoms with E-state index >= 15 is 0 Å². The summed E-state index contributed by atoms with van der Waals surface area (Å²) in [6, 6.07) is 28.4. The van der Waals surface area contributed by atoms with E-state index in [9.17, 15) is 9.59 Å². The molecule has 0 unspecified atom stereocenters. The van der Waals surface area contributed by atoms with Crippen molar-refractivity contribution in [2.45, 2.75) is 19.1 Å². The summed E-state index contributed by atoms with van der Waals surface area (Å²) in [5.41, 5.74) is 3.08. The fraction of sp³-hybridized carbons (Fsp3) is 0.143. The summed E-state index contributed by atoms with van der Waals surface area (Å²) in [5, 5.41) is 4.33. The SMILES string of the molecule is Cc1ccc(N2C(=O)[C@@H]3[C@@H](c4cccc5ccccc45)N(c4ccccc4)O[C@H]3C2=O)cc1Cl. The highest BCUT2D eigenvalue weighted by Crippen LogP contribution is 2.49. The number of rotatable bonds is 3. The van der Waals surface area contributed by atoms with Crippen LogP contribution in [0.5, 0.6) is 0 Å². The number of imide groups is 1. The van der Waals surface area contributed by atoms with Gasteiger partial charge in [0.05, 0.1) is 17.4 Å². The Labute approximate surface area is 202 Å². The Balaban J connectivity index is 1.50. The molecule has 4 aromatic carbocycles. The molecule has 168 valence electrons. The van der Waals surface area contributed by atoms with Gasteiger partial charge in [0.15, 0.2) is 6.10 Å². The number of halogens is 1. The molecule has 0 saturated carbocycles. The van der Waals surface area contributed by atoms with Crippen molar-refractivity contribution in [3.8, 4) is 0 Å². The predicted octanol–water partition coefficient (Wildman–Crippen LogP) is 5.85. The van der Waals surface area contributed by atoms with Crippen molar-refractivity contribution < 1.29 is 14.4 Å². The van der Waals surface area contributed by atoms with Crippen LogP contribution in [0.15, 0.2) is 91.0 Å². The molecule has 2 saturated heterocycles. The summed E-state index contributed by atoms with van der Waals surface area (Å²) >= 11 is 6.31. The second-order valence-electron chi connectivity index (χ2n) is 8.67. The largest absolute Gasteiger partial charge is 0.273 e. The predicted molar refractivity (Wildman–Crippen MR) is 133 cm³/mol. The van der Waals surface area contributed by atoms with E-state index in [-0.39, 0.29) is 11.8 Å². The van der Waals surface area contributed by atoms with E-state index in [1.54, 1.807) is 17.2 Å². The lowest BCUT2D eigenvalue weighted by Crippen LogP contribution is -2.37. The second-order valence-corrected chi connectivity index (χ2v) is 9.08. The molecule has 6 heteroatoms. The van der Waals surface area contributed by atoms with Crippen molar-refractivity contribution in [1.82, 2.24) is 0 Å². The molecule has 0 spiro atoms. The normalized spacial score (nSPS) is 22.0. The molecule has 34 heavy (non-hydrogen) atoms.